The average molecular weight is 330 g/mol. The molecule has 0 aliphatic heterocycles. The van der Waals surface area contributed by atoms with Crippen molar-refractivity contribution < 1.29 is 23.7 Å². The Bertz CT molecular complexity index is 654. The molecule has 0 aliphatic rings. The van der Waals surface area contributed by atoms with E-state index in [1.165, 1.54) is 7.11 Å². The normalized spacial score (nSPS) is 10.2. The minimum Gasteiger partial charge on any atom is -0.496 e. The fourth-order valence-electron chi connectivity index (χ4n) is 2.22. The number of para-hydroxylation sites is 2. The van der Waals surface area contributed by atoms with Gasteiger partial charge in [-0.2, -0.15) is 0 Å². The number of esters is 1. The number of rotatable bonds is 9. The monoisotopic (exact) mass is 330 g/mol. The third-order valence-corrected chi connectivity index (χ3v) is 3.43. The third kappa shape index (κ3) is 4.99. The fraction of sp³-hybridized carbons (Fsp3) is 0.316. The minimum absolute atomic E-state index is 0.405. The predicted molar refractivity (Wildman–Crippen MR) is 90.5 cm³/mol. The highest BCUT2D eigenvalue weighted by Gasteiger charge is 2.11. The van der Waals surface area contributed by atoms with E-state index in [1.54, 1.807) is 25.3 Å². The molecule has 0 spiro atoms. The molecule has 128 valence electrons. The smallest absolute Gasteiger partial charge is 0.341 e. The highest BCUT2D eigenvalue weighted by atomic mass is 16.5. The number of ether oxygens (including phenoxy) is 4. The first-order valence-corrected chi connectivity index (χ1v) is 7.76. The third-order valence-electron chi connectivity index (χ3n) is 3.43. The molecule has 0 amide bonds. The molecule has 0 atom stereocenters. The number of methoxy groups -OCH3 is 2. The second kappa shape index (κ2) is 9.57. The first-order chi connectivity index (χ1) is 11.8. The van der Waals surface area contributed by atoms with Crippen LogP contribution >= 0.6 is 0 Å². The maximum atomic E-state index is 11.6. The largest absolute Gasteiger partial charge is 0.496 e. The molecule has 0 fully saturated rings. The van der Waals surface area contributed by atoms with Crippen LogP contribution in [0.3, 0.4) is 0 Å². The number of hydrogen-bond acceptors (Lipinski definition) is 5. The van der Waals surface area contributed by atoms with Crippen LogP contribution in [0, 0.1) is 0 Å². The summed E-state index contributed by atoms with van der Waals surface area (Å²) >= 11 is 0. The van der Waals surface area contributed by atoms with Crippen LogP contribution in [0.4, 0.5) is 0 Å². The van der Waals surface area contributed by atoms with Gasteiger partial charge in [0.15, 0.2) is 0 Å². The van der Waals surface area contributed by atoms with Gasteiger partial charge in [0.25, 0.3) is 0 Å². The first-order valence-electron chi connectivity index (χ1n) is 7.76. The van der Waals surface area contributed by atoms with E-state index in [0.717, 1.165) is 11.3 Å². The lowest BCUT2D eigenvalue weighted by Crippen LogP contribution is -2.08. The molecule has 0 saturated heterocycles. The van der Waals surface area contributed by atoms with Crippen LogP contribution < -0.4 is 9.47 Å². The minimum atomic E-state index is -0.405. The summed E-state index contributed by atoms with van der Waals surface area (Å²) in [5, 5.41) is 0. The predicted octanol–water partition coefficient (Wildman–Crippen LogP) is 3.47. The van der Waals surface area contributed by atoms with Gasteiger partial charge in [-0.05, 0) is 18.2 Å². The molecule has 2 aromatic carbocycles. The molecule has 5 nitrogen and oxygen atoms in total. The van der Waals surface area contributed by atoms with Crippen LogP contribution in [-0.4, -0.2) is 33.4 Å². The molecule has 0 bridgehead atoms. The zero-order valence-electron chi connectivity index (χ0n) is 14.0. The van der Waals surface area contributed by atoms with Crippen molar-refractivity contribution >= 4 is 5.97 Å². The van der Waals surface area contributed by atoms with Gasteiger partial charge >= 0.3 is 5.97 Å². The second-order valence-electron chi connectivity index (χ2n) is 5.05. The van der Waals surface area contributed by atoms with Crippen molar-refractivity contribution in [1.29, 1.82) is 0 Å². The molecule has 24 heavy (non-hydrogen) atoms. The summed E-state index contributed by atoms with van der Waals surface area (Å²) in [7, 11) is 3.00. The Morgan fingerprint density at radius 3 is 2.38 bits per heavy atom. The lowest BCUT2D eigenvalue weighted by atomic mass is 10.2. The molecule has 0 unspecified atom stereocenters. The molecule has 0 saturated carbocycles. The van der Waals surface area contributed by atoms with Crippen molar-refractivity contribution in [2.45, 2.75) is 13.0 Å². The van der Waals surface area contributed by atoms with Crippen LogP contribution in [0.2, 0.25) is 0 Å². The Hall–Kier alpha value is -2.53. The van der Waals surface area contributed by atoms with Crippen molar-refractivity contribution in [3.63, 3.8) is 0 Å². The summed E-state index contributed by atoms with van der Waals surface area (Å²) in [5.41, 5.74) is 1.44. The maximum Gasteiger partial charge on any atom is 0.341 e. The summed E-state index contributed by atoms with van der Waals surface area (Å²) in [6.45, 7) is 1.50. The summed E-state index contributed by atoms with van der Waals surface area (Å²) in [5.74, 6) is 0.938. The van der Waals surface area contributed by atoms with Crippen molar-refractivity contribution in [3.05, 3.63) is 59.7 Å². The fourth-order valence-corrected chi connectivity index (χ4v) is 2.22. The van der Waals surface area contributed by atoms with Crippen LogP contribution in [0.15, 0.2) is 48.5 Å². The quantitative estimate of drug-likeness (QED) is 0.520. The molecule has 2 aromatic rings. The van der Waals surface area contributed by atoms with Gasteiger partial charge in [-0.1, -0.05) is 30.3 Å². The van der Waals surface area contributed by atoms with E-state index in [-0.39, 0.29) is 0 Å². The summed E-state index contributed by atoms with van der Waals surface area (Å²) in [4.78, 5) is 11.6. The van der Waals surface area contributed by atoms with Crippen LogP contribution in [0.1, 0.15) is 22.3 Å². The number of carbonyl (C=O) groups is 1. The van der Waals surface area contributed by atoms with E-state index in [9.17, 15) is 4.79 Å². The van der Waals surface area contributed by atoms with E-state index < -0.39 is 5.97 Å². The Morgan fingerprint density at radius 2 is 1.62 bits per heavy atom. The molecular formula is C19H22O5. The van der Waals surface area contributed by atoms with Gasteiger partial charge in [0.2, 0.25) is 0 Å². The second-order valence-corrected chi connectivity index (χ2v) is 5.05. The molecule has 0 N–H and O–H groups in total. The lowest BCUT2D eigenvalue weighted by molar-refractivity contribution is 0.0595. The Morgan fingerprint density at radius 1 is 0.917 bits per heavy atom. The number of carbonyl (C=O) groups excluding carboxylic acids is 1. The molecule has 0 aliphatic carbocycles. The highest BCUT2D eigenvalue weighted by Crippen LogP contribution is 2.19. The summed E-state index contributed by atoms with van der Waals surface area (Å²) in [6, 6.07) is 14.8. The first kappa shape index (κ1) is 17.8. The van der Waals surface area contributed by atoms with Crippen LogP contribution in [0.5, 0.6) is 11.5 Å². The highest BCUT2D eigenvalue weighted by molar-refractivity contribution is 5.92. The number of hydrogen-bond donors (Lipinski definition) is 0. The average Bonchev–Trinajstić information content (AvgIpc) is 2.64. The molecule has 0 heterocycles. The molecule has 0 aromatic heterocycles. The van der Waals surface area contributed by atoms with Gasteiger partial charge in [-0.3, -0.25) is 0 Å². The van der Waals surface area contributed by atoms with Crippen molar-refractivity contribution in [2.75, 3.05) is 27.4 Å². The topological polar surface area (TPSA) is 54.0 Å². The van der Waals surface area contributed by atoms with Crippen LogP contribution in [-0.2, 0) is 16.1 Å². The van der Waals surface area contributed by atoms with E-state index in [0.29, 0.717) is 37.6 Å². The lowest BCUT2D eigenvalue weighted by Gasteiger charge is -2.11. The molecule has 0 radical (unpaired) electrons. The standard InChI is InChI=1S/C19H22O5/c1-21-17-10-5-3-8-15(17)14-23-12-7-13-24-18-11-6-4-9-16(18)19(20)22-2/h3-6,8-11H,7,12-14H2,1-2H3. The molecule has 2 rings (SSSR count). The van der Waals surface area contributed by atoms with Gasteiger partial charge in [0.1, 0.15) is 17.1 Å². The van der Waals surface area contributed by atoms with Gasteiger partial charge in [0.05, 0.1) is 34.0 Å². The van der Waals surface area contributed by atoms with E-state index in [4.69, 9.17) is 18.9 Å². The van der Waals surface area contributed by atoms with Crippen molar-refractivity contribution in [3.8, 4) is 11.5 Å². The Balaban J connectivity index is 1.73. The molecular weight excluding hydrogens is 308 g/mol. The van der Waals surface area contributed by atoms with E-state index >= 15 is 0 Å². The van der Waals surface area contributed by atoms with Crippen molar-refractivity contribution in [2.24, 2.45) is 0 Å². The zero-order chi connectivity index (χ0) is 17.2. The summed E-state index contributed by atoms with van der Waals surface area (Å²) in [6.07, 6.45) is 0.713. The molecule has 5 heteroatoms. The summed E-state index contributed by atoms with van der Waals surface area (Å²) < 4.78 is 21.3. The van der Waals surface area contributed by atoms with Crippen LogP contribution in [0.25, 0.3) is 0 Å². The van der Waals surface area contributed by atoms with Crippen molar-refractivity contribution in [1.82, 2.24) is 0 Å². The maximum absolute atomic E-state index is 11.6. The SMILES string of the molecule is COC(=O)c1ccccc1OCCCOCc1ccccc1OC. The Labute approximate surface area is 142 Å². The van der Waals surface area contributed by atoms with E-state index in [2.05, 4.69) is 0 Å². The Kier molecular flexibility index (Phi) is 7.11. The number of benzene rings is 2. The van der Waals surface area contributed by atoms with E-state index in [1.807, 2.05) is 30.3 Å². The van der Waals surface area contributed by atoms with Gasteiger partial charge in [-0.15, -0.1) is 0 Å². The van der Waals surface area contributed by atoms with Gasteiger partial charge in [-0.25, -0.2) is 4.79 Å². The zero-order valence-corrected chi connectivity index (χ0v) is 14.0. The van der Waals surface area contributed by atoms with Gasteiger partial charge < -0.3 is 18.9 Å². The van der Waals surface area contributed by atoms with Gasteiger partial charge in [0, 0.05) is 12.0 Å².